The van der Waals surface area contributed by atoms with Gasteiger partial charge >= 0.3 is 0 Å². The van der Waals surface area contributed by atoms with Crippen molar-refractivity contribution in [3.63, 3.8) is 0 Å². The molecule has 0 unspecified atom stereocenters. The Morgan fingerprint density at radius 1 is 1.03 bits per heavy atom. The third-order valence-electron chi connectivity index (χ3n) is 5.10. The van der Waals surface area contributed by atoms with Gasteiger partial charge in [-0.3, -0.25) is 14.3 Å². The van der Waals surface area contributed by atoms with E-state index < -0.39 is 0 Å². The van der Waals surface area contributed by atoms with E-state index in [1.165, 1.54) is 11.8 Å². The Kier molecular flexibility index (Phi) is 8.17. The molecule has 4 rings (SSSR count). The fourth-order valence-electron chi connectivity index (χ4n) is 3.21. The summed E-state index contributed by atoms with van der Waals surface area (Å²) in [6.07, 6.45) is 3.46. The maximum Gasteiger partial charge on any atom is 0.232 e. The summed E-state index contributed by atoms with van der Waals surface area (Å²) in [5.41, 5.74) is 2.05. The Labute approximate surface area is 207 Å². The second kappa shape index (κ2) is 11.7. The van der Waals surface area contributed by atoms with Crippen LogP contribution in [0.15, 0.2) is 84.3 Å². The number of hydrogen-bond donors (Lipinski definition) is 0. The van der Waals surface area contributed by atoms with Crippen molar-refractivity contribution in [3.8, 4) is 17.1 Å². The molecule has 0 saturated heterocycles. The van der Waals surface area contributed by atoms with Crippen LogP contribution in [0.25, 0.3) is 11.4 Å². The summed E-state index contributed by atoms with van der Waals surface area (Å²) >= 11 is 7.27. The standard InChI is InChI=1S/C25H24ClN5O2S/c1-30(15-16-33-22-9-7-21(26)8-10-22)23(32)18-34-25-29-28-24(20-11-13-27-14-12-20)31(25)17-19-5-3-2-4-6-19/h2-14H,15-18H2,1H3. The molecular formula is C25H24ClN5O2S. The Hall–Kier alpha value is -3.36. The molecule has 0 aliphatic rings. The Balaban J connectivity index is 1.39. The molecule has 34 heavy (non-hydrogen) atoms. The van der Waals surface area contributed by atoms with Gasteiger partial charge in [0.05, 0.1) is 18.8 Å². The molecule has 0 fully saturated rings. The van der Waals surface area contributed by atoms with E-state index in [0.29, 0.717) is 29.9 Å². The Morgan fingerprint density at radius 2 is 1.76 bits per heavy atom. The van der Waals surface area contributed by atoms with E-state index in [1.54, 1.807) is 48.6 Å². The third kappa shape index (κ3) is 6.36. The predicted octanol–water partition coefficient (Wildman–Crippen LogP) is 4.67. The minimum Gasteiger partial charge on any atom is -0.492 e. The second-order valence-electron chi connectivity index (χ2n) is 7.52. The molecule has 7 nitrogen and oxygen atoms in total. The summed E-state index contributed by atoms with van der Waals surface area (Å²) in [4.78, 5) is 18.5. The van der Waals surface area contributed by atoms with E-state index in [2.05, 4.69) is 27.3 Å². The minimum atomic E-state index is -0.00979. The summed E-state index contributed by atoms with van der Waals surface area (Å²) < 4.78 is 7.73. The minimum absolute atomic E-state index is 0.00979. The molecule has 174 valence electrons. The van der Waals surface area contributed by atoms with E-state index in [0.717, 1.165) is 22.7 Å². The quantitative estimate of drug-likeness (QED) is 0.299. The summed E-state index contributed by atoms with van der Waals surface area (Å²) in [6, 6.07) is 21.1. The van der Waals surface area contributed by atoms with Gasteiger partial charge in [0, 0.05) is 30.0 Å². The van der Waals surface area contributed by atoms with Crippen molar-refractivity contribution in [2.24, 2.45) is 0 Å². The van der Waals surface area contributed by atoms with Gasteiger partial charge in [-0.15, -0.1) is 10.2 Å². The van der Waals surface area contributed by atoms with Gasteiger partial charge < -0.3 is 9.64 Å². The van der Waals surface area contributed by atoms with E-state index in [9.17, 15) is 4.79 Å². The van der Waals surface area contributed by atoms with Gasteiger partial charge in [-0.1, -0.05) is 53.7 Å². The summed E-state index contributed by atoms with van der Waals surface area (Å²) in [5, 5.41) is 10.1. The lowest BCUT2D eigenvalue weighted by Crippen LogP contribution is -2.32. The second-order valence-corrected chi connectivity index (χ2v) is 8.90. The average Bonchev–Trinajstić information content (AvgIpc) is 3.27. The first-order chi connectivity index (χ1) is 16.6. The average molecular weight is 494 g/mol. The van der Waals surface area contributed by atoms with Crippen LogP contribution in [0.1, 0.15) is 5.56 Å². The smallest absolute Gasteiger partial charge is 0.232 e. The fraction of sp³-hybridized carbons (Fsp3) is 0.200. The number of benzene rings is 2. The van der Waals surface area contributed by atoms with Crippen LogP contribution in [0, 0.1) is 0 Å². The number of carbonyl (C=O) groups is 1. The number of aromatic nitrogens is 4. The van der Waals surface area contributed by atoms with Gasteiger partial charge in [0.1, 0.15) is 12.4 Å². The van der Waals surface area contributed by atoms with Crippen molar-refractivity contribution in [2.45, 2.75) is 11.7 Å². The van der Waals surface area contributed by atoms with E-state index in [4.69, 9.17) is 16.3 Å². The van der Waals surface area contributed by atoms with Gasteiger partial charge in [0.25, 0.3) is 0 Å². The highest BCUT2D eigenvalue weighted by molar-refractivity contribution is 7.99. The van der Waals surface area contributed by atoms with Crippen LogP contribution in [0.5, 0.6) is 5.75 Å². The summed E-state index contributed by atoms with van der Waals surface area (Å²) in [6.45, 7) is 1.47. The normalized spacial score (nSPS) is 10.8. The molecule has 0 bridgehead atoms. The maximum atomic E-state index is 12.7. The molecule has 0 saturated carbocycles. The lowest BCUT2D eigenvalue weighted by atomic mass is 10.2. The van der Waals surface area contributed by atoms with Gasteiger partial charge in [-0.05, 0) is 42.0 Å². The van der Waals surface area contributed by atoms with Crippen molar-refractivity contribution in [2.75, 3.05) is 26.0 Å². The number of hydrogen-bond acceptors (Lipinski definition) is 6. The van der Waals surface area contributed by atoms with Crippen LogP contribution in [-0.4, -0.2) is 56.5 Å². The molecule has 0 aliphatic carbocycles. The zero-order valence-corrected chi connectivity index (χ0v) is 20.2. The SMILES string of the molecule is CN(CCOc1ccc(Cl)cc1)C(=O)CSc1nnc(-c2ccncc2)n1Cc1ccccc1. The molecule has 0 N–H and O–H groups in total. The number of ether oxygens (including phenoxy) is 1. The van der Waals surface area contributed by atoms with Crippen molar-refractivity contribution in [3.05, 3.63) is 89.7 Å². The molecule has 9 heteroatoms. The monoisotopic (exact) mass is 493 g/mol. The van der Waals surface area contributed by atoms with Gasteiger partial charge in [-0.2, -0.15) is 0 Å². The van der Waals surface area contributed by atoms with Crippen molar-refractivity contribution in [1.82, 2.24) is 24.6 Å². The zero-order chi connectivity index (χ0) is 23.8. The molecule has 2 heterocycles. The molecule has 0 aliphatic heterocycles. The van der Waals surface area contributed by atoms with Crippen LogP contribution in [-0.2, 0) is 11.3 Å². The fourth-order valence-corrected chi connectivity index (χ4v) is 4.22. The number of amides is 1. The van der Waals surface area contributed by atoms with Crippen LogP contribution < -0.4 is 4.74 Å². The number of nitrogens with zero attached hydrogens (tertiary/aromatic N) is 5. The molecule has 1 amide bonds. The Bertz CT molecular complexity index is 1200. The van der Waals surface area contributed by atoms with Crippen LogP contribution in [0.4, 0.5) is 0 Å². The molecule has 0 atom stereocenters. The molecular weight excluding hydrogens is 470 g/mol. The van der Waals surface area contributed by atoms with Gasteiger partial charge in [0.2, 0.25) is 5.91 Å². The number of thioether (sulfide) groups is 1. The number of rotatable bonds is 10. The summed E-state index contributed by atoms with van der Waals surface area (Å²) in [5.74, 6) is 1.70. The molecule has 0 spiro atoms. The molecule has 4 aromatic rings. The van der Waals surface area contributed by atoms with Crippen molar-refractivity contribution >= 4 is 29.3 Å². The highest BCUT2D eigenvalue weighted by Gasteiger charge is 2.17. The van der Waals surface area contributed by atoms with Crippen LogP contribution in [0.2, 0.25) is 5.02 Å². The van der Waals surface area contributed by atoms with Crippen LogP contribution in [0.3, 0.4) is 0 Å². The van der Waals surface area contributed by atoms with E-state index in [1.807, 2.05) is 34.9 Å². The van der Waals surface area contributed by atoms with Crippen LogP contribution >= 0.6 is 23.4 Å². The summed E-state index contributed by atoms with van der Waals surface area (Å²) in [7, 11) is 1.77. The zero-order valence-electron chi connectivity index (χ0n) is 18.7. The lowest BCUT2D eigenvalue weighted by Gasteiger charge is -2.17. The number of halogens is 1. The number of carbonyl (C=O) groups excluding carboxylic acids is 1. The third-order valence-corrected chi connectivity index (χ3v) is 6.30. The van der Waals surface area contributed by atoms with Crippen molar-refractivity contribution in [1.29, 1.82) is 0 Å². The predicted molar refractivity (Wildman–Crippen MR) is 134 cm³/mol. The van der Waals surface area contributed by atoms with E-state index >= 15 is 0 Å². The maximum absolute atomic E-state index is 12.7. The van der Waals surface area contributed by atoms with Gasteiger partial charge in [0.15, 0.2) is 11.0 Å². The number of pyridine rings is 1. The first-order valence-electron chi connectivity index (χ1n) is 10.7. The molecule has 2 aromatic carbocycles. The first-order valence-corrected chi connectivity index (χ1v) is 12.1. The highest BCUT2D eigenvalue weighted by Crippen LogP contribution is 2.25. The molecule has 0 radical (unpaired) electrons. The number of likely N-dealkylation sites (N-methyl/N-ethyl adjacent to an activating group) is 1. The Morgan fingerprint density at radius 3 is 2.50 bits per heavy atom. The first kappa shape index (κ1) is 23.8. The topological polar surface area (TPSA) is 73.1 Å². The van der Waals surface area contributed by atoms with E-state index in [-0.39, 0.29) is 11.7 Å². The van der Waals surface area contributed by atoms with Gasteiger partial charge in [-0.25, -0.2) is 0 Å². The largest absolute Gasteiger partial charge is 0.492 e. The van der Waals surface area contributed by atoms with Crippen molar-refractivity contribution < 1.29 is 9.53 Å². The molecule has 2 aromatic heterocycles. The lowest BCUT2D eigenvalue weighted by molar-refractivity contribution is -0.127. The highest BCUT2D eigenvalue weighted by atomic mass is 35.5.